The van der Waals surface area contributed by atoms with Gasteiger partial charge in [-0.15, -0.1) is 0 Å². The van der Waals surface area contributed by atoms with E-state index in [1.54, 1.807) is 13.3 Å². The molecule has 1 saturated carbocycles. The zero-order valence-corrected chi connectivity index (χ0v) is 23.5. The van der Waals surface area contributed by atoms with Crippen LogP contribution in [0.1, 0.15) is 73.5 Å². The largest absolute Gasteiger partial charge is 0.481 e. The van der Waals surface area contributed by atoms with E-state index in [9.17, 15) is 18.0 Å². The fourth-order valence-corrected chi connectivity index (χ4v) is 6.20. The Hall–Kier alpha value is -3.08. The quantitative estimate of drug-likeness (QED) is 0.380. The van der Waals surface area contributed by atoms with Crippen LogP contribution >= 0.6 is 0 Å². The number of nitrogens with zero attached hydrogens (tertiary/aromatic N) is 4. The molecule has 8 nitrogen and oxygen atoms in total. The topological polar surface area (TPSA) is 88.0 Å². The summed E-state index contributed by atoms with van der Waals surface area (Å²) in [6, 6.07) is 3.88. The number of aromatic nitrogens is 2. The van der Waals surface area contributed by atoms with Gasteiger partial charge in [-0.25, -0.2) is 9.97 Å². The molecule has 2 saturated heterocycles. The minimum atomic E-state index is -4.17. The first-order valence-corrected chi connectivity index (χ1v) is 14.6. The number of anilines is 1. The monoisotopic (exact) mass is 576 g/mol. The van der Waals surface area contributed by atoms with Crippen molar-refractivity contribution in [3.63, 3.8) is 0 Å². The van der Waals surface area contributed by atoms with Crippen LogP contribution in [0.4, 0.5) is 18.9 Å². The highest BCUT2D eigenvalue weighted by Gasteiger charge is 2.34. The number of likely N-dealkylation sites (tertiary alicyclic amines) is 1. The Bertz CT molecular complexity index is 1190. The van der Waals surface area contributed by atoms with Gasteiger partial charge >= 0.3 is 12.1 Å². The molecule has 2 aromatic heterocycles. The van der Waals surface area contributed by atoms with Crippen LogP contribution in [0.25, 0.3) is 0 Å². The van der Waals surface area contributed by atoms with Gasteiger partial charge in [0.2, 0.25) is 11.8 Å². The summed E-state index contributed by atoms with van der Waals surface area (Å²) in [6.45, 7) is 2.22. The summed E-state index contributed by atoms with van der Waals surface area (Å²) in [5.41, 5.74) is 4.26. The molecule has 3 fully saturated rings. The number of rotatable bonds is 11. The Kier molecular flexibility index (Phi) is 9.21. The third-order valence-corrected chi connectivity index (χ3v) is 8.57. The first-order chi connectivity index (χ1) is 19.7. The Labute approximate surface area is 238 Å². The van der Waals surface area contributed by atoms with Gasteiger partial charge in [0.1, 0.15) is 0 Å². The van der Waals surface area contributed by atoms with E-state index in [2.05, 4.69) is 14.9 Å². The number of aryl methyl sites for hydroxylation is 1. The molecule has 1 aliphatic carbocycles. The predicted molar refractivity (Wildman–Crippen MR) is 148 cm³/mol. The van der Waals surface area contributed by atoms with Crippen molar-refractivity contribution in [2.45, 2.75) is 69.4 Å². The molecule has 41 heavy (non-hydrogen) atoms. The Morgan fingerprint density at radius 2 is 1.78 bits per heavy atom. The molecule has 3 aliphatic rings. The molecule has 0 bridgehead atoms. The molecule has 0 aromatic carbocycles. The standard InChI is InChI=1S/C30H39F3N4O4/c1-40-26-16-25(24(17-35-26)21-9-12-36(13-10-21)19-30(31,32)33)37-14-7-20(8-15-37)18-41-29-28(22-2-3-22)23(6-11-34-29)4-5-27(38)39/h6,11,16-17,20-22H,2-5,7-10,12-15,18-19H2,1H3,(H,38,39). The number of alkyl halides is 3. The van der Waals surface area contributed by atoms with Crippen LogP contribution in [0.2, 0.25) is 0 Å². The molecule has 4 heterocycles. The summed E-state index contributed by atoms with van der Waals surface area (Å²) in [5, 5.41) is 9.13. The molecule has 0 radical (unpaired) electrons. The number of piperidine rings is 2. The number of aliphatic carboxylic acids is 1. The second-order valence-electron chi connectivity index (χ2n) is 11.5. The van der Waals surface area contributed by atoms with Gasteiger partial charge in [-0.05, 0) is 93.0 Å². The molecule has 11 heteroatoms. The number of carboxylic acids is 1. The molecule has 0 unspecified atom stereocenters. The van der Waals surface area contributed by atoms with Crippen molar-refractivity contribution < 1.29 is 32.5 Å². The SMILES string of the molecule is COc1cc(N2CCC(COc3nccc(CCC(=O)O)c3C3CC3)CC2)c(C2CCN(CC(F)(F)F)CC2)cn1. The predicted octanol–water partition coefficient (Wildman–Crippen LogP) is 5.42. The van der Waals surface area contributed by atoms with E-state index in [0.29, 0.717) is 62.6 Å². The summed E-state index contributed by atoms with van der Waals surface area (Å²) in [6.07, 6.45) is 5.34. The second-order valence-corrected chi connectivity index (χ2v) is 11.5. The summed E-state index contributed by atoms with van der Waals surface area (Å²) in [5.74, 6) is 1.31. The summed E-state index contributed by atoms with van der Waals surface area (Å²) in [7, 11) is 1.59. The number of ether oxygens (including phenoxy) is 2. The number of halogens is 3. The molecule has 5 rings (SSSR count). The van der Waals surface area contributed by atoms with Crippen molar-refractivity contribution in [2.75, 3.05) is 51.3 Å². The number of hydrogen-bond acceptors (Lipinski definition) is 7. The number of pyridine rings is 2. The lowest BCUT2D eigenvalue weighted by Crippen LogP contribution is -2.40. The first kappa shape index (κ1) is 29.4. The maximum absolute atomic E-state index is 12.9. The van der Waals surface area contributed by atoms with Gasteiger partial charge in [0, 0.05) is 49.2 Å². The first-order valence-electron chi connectivity index (χ1n) is 14.6. The van der Waals surface area contributed by atoms with E-state index in [-0.39, 0.29) is 12.3 Å². The Balaban J connectivity index is 1.20. The number of hydrogen-bond donors (Lipinski definition) is 1. The van der Waals surface area contributed by atoms with Gasteiger partial charge in [-0.2, -0.15) is 13.2 Å². The van der Waals surface area contributed by atoms with Crippen LogP contribution in [0.15, 0.2) is 24.5 Å². The molecule has 0 atom stereocenters. The van der Waals surface area contributed by atoms with Gasteiger partial charge in [-0.1, -0.05) is 0 Å². The molecule has 2 aliphatic heterocycles. The second kappa shape index (κ2) is 12.8. The molecular weight excluding hydrogens is 537 g/mol. The Morgan fingerprint density at radius 3 is 2.41 bits per heavy atom. The lowest BCUT2D eigenvalue weighted by atomic mass is 9.88. The molecular formula is C30H39F3N4O4. The molecule has 1 N–H and O–H groups in total. The van der Waals surface area contributed by atoms with Crippen molar-refractivity contribution >= 4 is 11.7 Å². The number of carboxylic acid groups (broad SMARTS) is 1. The van der Waals surface area contributed by atoms with E-state index in [0.717, 1.165) is 61.2 Å². The molecule has 0 amide bonds. The van der Waals surface area contributed by atoms with Crippen LogP contribution in [0.3, 0.4) is 0 Å². The van der Waals surface area contributed by atoms with Gasteiger partial charge in [0.05, 0.1) is 20.3 Å². The van der Waals surface area contributed by atoms with Crippen LogP contribution < -0.4 is 14.4 Å². The average molecular weight is 577 g/mol. The highest BCUT2D eigenvalue weighted by Crippen LogP contribution is 2.46. The van der Waals surface area contributed by atoms with Crippen LogP contribution in [-0.2, 0) is 11.2 Å². The lowest BCUT2D eigenvalue weighted by molar-refractivity contribution is -0.148. The van der Waals surface area contributed by atoms with Crippen LogP contribution in [-0.4, -0.2) is 78.6 Å². The van der Waals surface area contributed by atoms with E-state index >= 15 is 0 Å². The van der Waals surface area contributed by atoms with E-state index in [4.69, 9.17) is 14.6 Å². The van der Waals surface area contributed by atoms with Gasteiger partial charge < -0.3 is 19.5 Å². The minimum absolute atomic E-state index is 0.0933. The molecule has 2 aromatic rings. The third kappa shape index (κ3) is 7.81. The highest BCUT2D eigenvalue weighted by molar-refractivity contribution is 5.67. The van der Waals surface area contributed by atoms with E-state index in [1.807, 2.05) is 18.3 Å². The summed E-state index contributed by atoms with van der Waals surface area (Å²) in [4.78, 5) is 23.9. The van der Waals surface area contributed by atoms with Gasteiger partial charge in [0.15, 0.2) is 0 Å². The van der Waals surface area contributed by atoms with Crippen molar-refractivity contribution in [2.24, 2.45) is 5.92 Å². The lowest BCUT2D eigenvalue weighted by Gasteiger charge is -2.37. The fourth-order valence-electron chi connectivity index (χ4n) is 6.20. The zero-order valence-electron chi connectivity index (χ0n) is 23.5. The fraction of sp³-hybridized carbons (Fsp3) is 0.633. The maximum Gasteiger partial charge on any atom is 0.401 e. The van der Waals surface area contributed by atoms with E-state index in [1.165, 1.54) is 4.90 Å². The minimum Gasteiger partial charge on any atom is -0.481 e. The van der Waals surface area contributed by atoms with Crippen molar-refractivity contribution in [1.82, 2.24) is 14.9 Å². The van der Waals surface area contributed by atoms with Gasteiger partial charge in [0.25, 0.3) is 0 Å². The third-order valence-electron chi connectivity index (χ3n) is 8.57. The maximum atomic E-state index is 12.9. The normalized spacial score (nSPS) is 19.4. The van der Waals surface area contributed by atoms with Crippen LogP contribution in [0.5, 0.6) is 11.8 Å². The molecule has 0 spiro atoms. The smallest absolute Gasteiger partial charge is 0.401 e. The summed E-state index contributed by atoms with van der Waals surface area (Å²) < 4.78 is 50.3. The van der Waals surface area contributed by atoms with Crippen molar-refractivity contribution in [1.29, 1.82) is 0 Å². The number of methoxy groups -OCH3 is 1. The van der Waals surface area contributed by atoms with Crippen LogP contribution in [0, 0.1) is 5.92 Å². The van der Waals surface area contributed by atoms with E-state index < -0.39 is 18.7 Å². The molecule has 224 valence electrons. The number of carbonyl (C=O) groups is 1. The Morgan fingerprint density at radius 1 is 1.05 bits per heavy atom. The average Bonchev–Trinajstić information content (AvgIpc) is 3.80. The summed E-state index contributed by atoms with van der Waals surface area (Å²) >= 11 is 0. The van der Waals surface area contributed by atoms with Crippen molar-refractivity contribution in [3.8, 4) is 11.8 Å². The zero-order chi connectivity index (χ0) is 29.0. The van der Waals surface area contributed by atoms with Gasteiger partial charge in [-0.3, -0.25) is 9.69 Å². The van der Waals surface area contributed by atoms with Crippen molar-refractivity contribution in [3.05, 3.63) is 41.2 Å². The highest BCUT2D eigenvalue weighted by atomic mass is 19.4.